The van der Waals surface area contributed by atoms with Crippen LogP contribution in [0.2, 0.25) is 5.02 Å². The van der Waals surface area contributed by atoms with Crippen LogP contribution in [0.15, 0.2) is 58.4 Å². The highest BCUT2D eigenvalue weighted by atomic mass is 35.5. The van der Waals surface area contributed by atoms with Crippen molar-refractivity contribution >= 4 is 34.7 Å². The third kappa shape index (κ3) is 2.93. The van der Waals surface area contributed by atoms with Crippen molar-refractivity contribution in [2.45, 2.75) is 0 Å². The van der Waals surface area contributed by atoms with Crippen LogP contribution in [0, 0.1) is 0 Å². The molecule has 3 aromatic rings. The highest BCUT2D eigenvalue weighted by Gasteiger charge is 2.02. The lowest BCUT2D eigenvalue weighted by Crippen LogP contribution is -2.13. The maximum Gasteiger partial charge on any atom is 0.293 e. The summed E-state index contributed by atoms with van der Waals surface area (Å²) >= 11 is 6.01. The Balaban J connectivity index is 1.87. The van der Waals surface area contributed by atoms with Gasteiger partial charge in [0, 0.05) is 10.6 Å². The summed E-state index contributed by atoms with van der Waals surface area (Å²) in [7, 11) is 0. The lowest BCUT2D eigenvalue weighted by Gasteiger charge is -2.01. The second kappa shape index (κ2) is 5.76. The molecule has 104 valence electrons. The van der Waals surface area contributed by atoms with E-state index in [0.717, 1.165) is 5.56 Å². The second-order valence-corrected chi connectivity index (χ2v) is 4.73. The molecular formula is C15H11ClN4O. The molecule has 0 aliphatic heterocycles. The SMILES string of the molecule is O=c1[nH]c2ccccc2nc1N/N=C/c1ccccc1Cl. The third-order valence-corrected chi connectivity index (χ3v) is 3.22. The van der Waals surface area contributed by atoms with Crippen molar-refractivity contribution in [3.05, 3.63) is 69.5 Å². The third-order valence-electron chi connectivity index (χ3n) is 2.88. The van der Waals surface area contributed by atoms with E-state index in [1.807, 2.05) is 36.4 Å². The molecule has 0 saturated carbocycles. The average molecular weight is 299 g/mol. The van der Waals surface area contributed by atoms with Gasteiger partial charge in [0.25, 0.3) is 5.56 Å². The van der Waals surface area contributed by atoms with E-state index in [9.17, 15) is 4.79 Å². The van der Waals surface area contributed by atoms with Crippen LogP contribution in [0.25, 0.3) is 11.0 Å². The molecule has 2 N–H and O–H groups in total. The Morgan fingerprint density at radius 2 is 1.90 bits per heavy atom. The van der Waals surface area contributed by atoms with E-state index in [-0.39, 0.29) is 11.4 Å². The molecule has 5 nitrogen and oxygen atoms in total. The highest BCUT2D eigenvalue weighted by Crippen LogP contribution is 2.12. The quantitative estimate of drug-likeness (QED) is 0.577. The number of anilines is 1. The zero-order valence-electron chi connectivity index (χ0n) is 10.9. The molecule has 3 rings (SSSR count). The van der Waals surface area contributed by atoms with Crippen LogP contribution in [0.1, 0.15) is 5.56 Å². The van der Waals surface area contributed by atoms with Gasteiger partial charge in [0.05, 0.1) is 17.2 Å². The minimum atomic E-state index is -0.329. The van der Waals surface area contributed by atoms with Crippen LogP contribution in [0.5, 0.6) is 0 Å². The van der Waals surface area contributed by atoms with Crippen molar-refractivity contribution in [2.75, 3.05) is 5.43 Å². The van der Waals surface area contributed by atoms with Gasteiger partial charge in [-0.25, -0.2) is 4.98 Å². The Morgan fingerprint density at radius 1 is 1.14 bits per heavy atom. The van der Waals surface area contributed by atoms with Gasteiger partial charge in [-0.2, -0.15) is 5.10 Å². The Hall–Kier alpha value is -2.66. The standard InChI is InChI=1S/C15H11ClN4O/c16-11-6-2-1-5-10(11)9-17-20-14-15(21)19-13-8-4-3-7-12(13)18-14/h1-9H,(H,18,20)(H,19,21)/b17-9+. The Kier molecular flexibility index (Phi) is 3.66. The minimum absolute atomic E-state index is 0.136. The summed E-state index contributed by atoms with van der Waals surface area (Å²) in [6.45, 7) is 0. The van der Waals surface area contributed by atoms with Crippen LogP contribution in [-0.4, -0.2) is 16.2 Å². The Morgan fingerprint density at radius 3 is 2.76 bits per heavy atom. The van der Waals surface area contributed by atoms with Crippen molar-refractivity contribution in [1.29, 1.82) is 0 Å². The largest absolute Gasteiger partial charge is 0.317 e. The first-order valence-electron chi connectivity index (χ1n) is 6.27. The van der Waals surface area contributed by atoms with Gasteiger partial charge in [-0.05, 0) is 18.2 Å². The van der Waals surface area contributed by atoms with E-state index >= 15 is 0 Å². The number of para-hydroxylation sites is 2. The van der Waals surface area contributed by atoms with E-state index in [1.54, 1.807) is 18.3 Å². The summed E-state index contributed by atoms with van der Waals surface area (Å²) in [6.07, 6.45) is 1.54. The van der Waals surface area contributed by atoms with Crippen LogP contribution in [-0.2, 0) is 0 Å². The molecular weight excluding hydrogens is 288 g/mol. The van der Waals surface area contributed by atoms with E-state index in [2.05, 4.69) is 20.5 Å². The Bertz CT molecular complexity index is 873. The number of hydrazone groups is 1. The fourth-order valence-corrected chi connectivity index (χ4v) is 2.03. The molecule has 0 radical (unpaired) electrons. The first-order valence-corrected chi connectivity index (χ1v) is 6.64. The smallest absolute Gasteiger partial charge is 0.293 e. The average Bonchev–Trinajstić information content (AvgIpc) is 2.49. The van der Waals surface area contributed by atoms with Crippen molar-refractivity contribution in [3.8, 4) is 0 Å². The van der Waals surface area contributed by atoms with Gasteiger partial charge in [0.15, 0.2) is 0 Å². The number of nitrogens with one attached hydrogen (secondary N) is 2. The molecule has 0 bridgehead atoms. The van der Waals surface area contributed by atoms with Crippen LogP contribution < -0.4 is 11.0 Å². The number of benzene rings is 2. The molecule has 0 atom stereocenters. The van der Waals surface area contributed by atoms with Gasteiger partial charge in [-0.3, -0.25) is 10.2 Å². The number of hydrogen-bond donors (Lipinski definition) is 2. The van der Waals surface area contributed by atoms with Crippen LogP contribution in [0.4, 0.5) is 5.82 Å². The molecule has 0 amide bonds. The second-order valence-electron chi connectivity index (χ2n) is 4.32. The predicted octanol–water partition coefficient (Wildman–Crippen LogP) is 3.02. The summed E-state index contributed by atoms with van der Waals surface area (Å²) < 4.78 is 0. The summed E-state index contributed by atoms with van der Waals surface area (Å²) in [6, 6.07) is 14.6. The van der Waals surface area contributed by atoms with E-state index in [1.165, 1.54) is 0 Å². The first-order chi connectivity index (χ1) is 10.2. The topological polar surface area (TPSA) is 70.1 Å². The van der Waals surface area contributed by atoms with Crippen molar-refractivity contribution in [2.24, 2.45) is 5.10 Å². The molecule has 0 aliphatic rings. The summed E-state index contributed by atoms with van der Waals surface area (Å²) in [5.41, 5.74) is 4.43. The summed E-state index contributed by atoms with van der Waals surface area (Å²) in [5.74, 6) is 0.136. The maximum absolute atomic E-state index is 11.9. The molecule has 1 heterocycles. The number of fused-ring (bicyclic) bond motifs is 1. The number of aromatic nitrogens is 2. The maximum atomic E-state index is 11.9. The molecule has 0 fully saturated rings. The van der Waals surface area contributed by atoms with Gasteiger partial charge in [0.1, 0.15) is 0 Å². The molecule has 2 aromatic carbocycles. The van der Waals surface area contributed by atoms with E-state index < -0.39 is 0 Å². The molecule has 21 heavy (non-hydrogen) atoms. The normalized spacial score (nSPS) is 11.1. The van der Waals surface area contributed by atoms with Gasteiger partial charge in [-0.15, -0.1) is 0 Å². The zero-order chi connectivity index (χ0) is 14.7. The molecule has 0 spiro atoms. The van der Waals surface area contributed by atoms with Gasteiger partial charge in [0.2, 0.25) is 5.82 Å². The number of rotatable bonds is 3. The highest BCUT2D eigenvalue weighted by molar-refractivity contribution is 6.33. The predicted molar refractivity (Wildman–Crippen MR) is 85.0 cm³/mol. The van der Waals surface area contributed by atoms with Crippen LogP contribution >= 0.6 is 11.6 Å². The molecule has 6 heteroatoms. The monoisotopic (exact) mass is 298 g/mol. The van der Waals surface area contributed by atoms with Gasteiger partial charge < -0.3 is 4.98 Å². The Labute approximate surface area is 125 Å². The van der Waals surface area contributed by atoms with E-state index in [4.69, 9.17) is 11.6 Å². The lowest BCUT2D eigenvalue weighted by molar-refractivity contribution is 1.17. The van der Waals surface area contributed by atoms with Crippen molar-refractivity contribution in [1.82, 2.24) is 9.97 Å². The number of nitrogens with zero attached hydrogens (tertiary/aromatic N) is 2. The van der Waals surface area contributed by atoms with Crippen LogP contribution in [0.3, 0.4) is 0 Å². The minimum Gasteiger partial charge on any atom is -0.317 e. The fourth-order valence-electron chi connectivity index (χ4n) is 1.85. The summed E-state index contributed by atoms with van der Waals surface area (Å²) in [4.78, 5) is 18.8. The molecule has 0 saturated heterocycles. The first kappa shape index (κ1) is 13.3. The number of halogens is 1. The molecule has 0 unspecified atom stereocenters. The van der Waals surface area contributed by atoms with Gasteiger partial charge >= 0.3 is 0 Å². The molecule has 1 aromatic heterocycles. The van der Waals surface area contributed by atoms with Gasteiger partial charge in [-0.1, -0.05) is 41.9 Å². The zero-order valence-corrected chi connectivity index (χ0v) is 11.6. The lowest BCUT2D eigenvalue weighted by atomic mass is 10.2. The van der Waals surface area contributed by atoms with Crippen molar-refractivity contribution in [3.63, 3.8) is 0 Å². The number of hydrogen-bond acceptors (Lipinski definition) is 4. The number of H-pyrrole nitrogens is 1. The number of aromatic amines is 1. The fraction of sp³-hybridized carbons (Fsp3) is 0. The summed E-state index contributed by atoms with van der Waals surface area (Å²) in [5, 5.41) is 4.58. The van der Waals surface area contributed by atoms with E-state index in [0.29, 0.717) is 16.1 Å². The van der Waals surface area contributed by atoms with Crippen molar-refractivity contribution < 1.29 is 0 Å². The molecule has 0 aliphatic carbocycles.